The van der Waals surface area contributed by atoms with Crippen molar-refractivity contribution in [1.29, 1.82) is 5.26 Å². The summed E-state index contributed by atoms with van der Waals surface area (Å²) < 4.78 is 10.7. The molecule has 3 rings (SSSR count). The maximum atomic E-state index is 12.2. The number of hydrogen-bond acceptors (Lipinski definition) is 8. The third-order valence-electron chi connectivity index (χ3n) is 3.70. The number of nitro benzene ring substituents is 1. The third kappa shape index (κ3) is 2.71. The molecule has 1 aliphatic heterocycles. The van der Waals surface area contributed by atoms with E-state index in [1.54, 1.807) is 6.07 Å². The van der Waals surface area contributed by atoms with Crippen molar-refractivity contribution >= 4 is 5.69 Å². The van der Waals surface area contributed by atoms with E-state index in [-0.39, 0.29) is 34.4 Å². The Morgan fingerprint density at radius 1 is 1.40 bits per heavy atom. The number of rotatable bonds is 3. The molecule has 0 bridgehead atoms. The molecule has 1 atom stereocenters. The topological polar surface area (TPSA) is 153 Å². The highest BCUT2D eigenvalue weighted by Gasteiger charge is 2.35. The van der Waals surface area contributed by atoms with Crippen LogP contribution in [0.4, 0.5) is 5.69 Å². The molecule has 0 radical (unpaired) electrons. The standard InChI is InChI=1S/C16H11N3O6/c17-6-11-13(8-2-1-3-9(4-8)19(22)23)15-14(25-16(11)18)12(21)5-10(7-20)24-15/h1-5,13,20H,7,18H2. The number of hydrogen-bond donors (Lipinski definition) is 2. The minimum absolute atomic E-state index is 0.0273. The van der Waals surface area contributed by atoms with Gasteiger partial charge in [0.15, 0.2) is 5.76 Å². The predicted molar refractivity (Wildman–Crippen MR) is 83.3 cm³/mol. The molecule has 9 nitrogen and oxygen atoms in total. The van der Waals surface area contributed by atoms with Gasteiger partial charge >= 0.3 is 0 Å². The van der Waals surface area contributed by atoms with Crippen LogP contribution >= 0.6 is 0 Å². The molecule has 3 N–H and O–H groups in total. The van der Waals surface area contributed by atoms with Gasteiger partial charge in [-0.05, 0) is 5.56 Å². The Bertz CT molecular complexity index is 1000. The summed E-state index contributed by atoms with van der Waals surface area (Å²) in [6, 6.07) is 8.48. The number of nitrogens with zero attached hydrogens (tertiary/aromatic N) is 2. The Morgan fingerprint density at radius 2 is 2.16 bits per heavy atom. The zero-order valence-corrected chi connectivity index (χ0v) is 12.6. The summed E-state index contributed by atoms with van der Waals surface area (Å²) in [5.74, 6) is -1.53. The Morgan fingerprint density at radius 3 is 2.80 bits per heavy atom. The fourth-order valence-corrected chi connectivity index (χ4v) is 2.61. The predicted octanol–water partition coefficient (Wildman–Crippen LogP) is 1.26. The highest BCUT2D eigenvalue weighted by Crippen LogP contribution is 2.41. The SMILES string of the molecule is N#CC1=C(N)Oc2c(oc(CO)cc2=O)C1c1cccc([N+](=O)[O-])c1. The number of ether oxygens (including phenoxy) is 1. The van der Waals surface area contributed by atoms with Crippen LogP contribution in [-0.2, 0) is 6.61 Å². The van der Waals surface area contributed by atoms with Gasteiger partial charge in [0.05, 0.1) is 10.8 Å². The first-order valence-electron chi connectivity index (χ1n) is 7.06. The number of benzene rings is 1. The molecular formula is C16H11N3O6. The van der Waals surface area contributed by atoms with Crippen molar-refractivity contribution in [1.82, 2.24) is 0 Å². The van der Waals surface area contributed by atoms with Crippen molar-refractivity contribution in [3.8, 4) is 11.8 Å². The molecule has 0 spiro atoms. The average molecular weight is 341 g/mol. The molecular weight excluding hydrogens is 330 g/mol. The zero-order valence-electron chi connectivity index (χ0n) is 12.6. The van der Waals surface area contributed by atoms with Crippen LogP contribution in [-0.4, -0.2) is 10.0 Å². The Balaban J connectivity index is 2.29. The van der Waals surface area contributed by atoms with E-state index in [2.05, 4.69) is 0 Å². The molecule has 0 saturated carbocycles. The Labute approximate surface area is 140 Å². The minimum Gasteiger partial charge on any atom is -0.458 e. The lowest BCUT2D eigenvalue weighted by molar-refractivity contribution is -0.384. The van der Waals surface area contributed by atoms with Crippen LogP contribution in [0.2, 0.25) is 0 Å². The van der Waals surface area contributed by atoms with E-state index >= 15 is 0 Å². The number of nitrogens with two attached hydrogens (primary N) is 1. The van der Waals surface area contributed by atoms with Crippen LogP contribution in [0.25, 0.3) is 0 Å². The molecule has 1 aromatic carbocycles. The van der Waals surface area contributed by atoms with Gasteiger partial charge in [-0.2, -0.15) is 5.26 Å². The maximum absolute atomic E-state index is 12.2. The van der Waals surface area contributed by atoms with Crippen LogP contribution in [0, 0.1) is 21.4 Å². The summed E-state index contributed by atoms with van der Waals surface area (Å²) in [4.78, 5) is 22.6. The smallest absolute Gasteiger partial charge is 0.269 e. The number of nitro groups is 1. The Hall–Kier alpha value is -3.64. The number of non-ortho nitro benzene ring substituents is 1. The molecule has 9 heteroatoms. The second kappa shape index (κ2) is 6.10. The van der Waals surface area contributed by atoms with Crippen molar-refractivity contribution in [3.05, 3.63) is 79.2 Å². The van der Waals surface area contributed by atoms with E-state index in [0.29, 0.717) is 5.56 Å². The third-order valence-corrected chi connectivity index (χ3v) is 3.70. The van der Waals surface area contributed by atoms with Gasteiger partial charge in [-0.25, -0.2) is 0 Å². The number of allylic oxidation sites excluding steroid dienone is 1. The van der Waals surface area contributed by atoms with E-state index in [1.807, 2.05) is 6.07 Å². The van der Waals surface area contributed by atoms with Gasteiger partial charge in [0.2, 0.25) is 17.1 Å². The number of nitriles is 1. The molecule has 1 unspecified atom stereocenters. The lowest BCUT2D eigenvalue weighted by atomic mass is 9.87. The van der Waals surface area contributed by atoms with Gasteiger partial charge in [-0.3, -0.25) is 14.9 Å². The summed E-state index contributed by atoms with van der Waals surface area (Å²) >= 11 is 0. The van der Waals surface area contributed by atoms with E-state index in [9.17, 15) is 25.3 Å². The summed E-state index contributed by atoms with van der Waals surface area (Å²) in [5.41, 5.74) is 5.25. The normalized spacial score (nSPS) is 15.9. The molecule has 1 aromatic heterocycles. The van der Waals surface area contributed by atoms with Crippen LogP contribution in [0.1, 0.15) is 23.0 Å². The number of fused-ring (bicyclic) bond motifs is 1. The van der Waals surface area contributed by atoms with E-state index in [0.717, 1.165) is 6.07 Å². The monoisotopic (exact) mass is 341 g/mol. The van der Waals surface area contributed by atoms with Gasteiger partial charge in [0.25, 0.3) is 5.69 Å². The highest BCUT2D eigenvalue weighted by atomic mass is 16.6. The van der Waals surface area contributed by atoms with E-state index < -0.39 is 22.9 Å². The van der Waals surface area contributed by atoms with E-state index in [4.69, 9.17) is 14.9 Å². The molecule has 0 fully saturated rings. The minimum atomic E-state index is -0.965. The highest BCUT2D eigenvalue weighted by molar-refractivity contribution is 5.53. The second-order valence-electron chi connectivity index (χ2n) is 5.21. The van der Waals surface area contributed by atoms with E-state index in [1.165, 1.54) is 18.2 Å². The molecule has 1 aliphatic rings. The molecule has 0 saturated heterocycles. The fraction of sp³-hybridized carbons (Fsp3) is 0.125. The van der Waals surface area contributed by atoms with Gasteiger partial charge in [0.1, 0.15) is 24.0 Å². The fourth-order valence-electron chi connectivity index (χ4n) is 2.61. The summed E-state index contributed by atoms with van der Waals surface area (Å²) in [6.45, 7) is -0.536. The molecule has 126 valence electrons. The zero-order chi connectivity index (χ0) is 18.1. The molecule has 2 aromatic rings. The van der Waals surface area contributed by atoms with Crippen molar-refractivity contribution in [3.63, 3.8) is 0 Å². The average Bonchev–Trinajstić information content (AvgIpc) is 2.61. The molecule has 25 heavy (non-hydrogen) atoms. The molecule has 2 heterocycles. The van der Waals surface area contributed by atoms with Gasteiger partial charge in [-0.15, -0.1) is 0 Å². The first kappa shape index (κ1) is 16.2. The summed E-state index contributed by atoms with van der Waals surface area (Å²) in [7, 11) is 0. The van der Waals surface area contributed by atoms with Gasteiger partial charge in [-0.1, -0.05) is 12.1 Å². The molecule has 0 amide bonds. The first-order valence-corrected chi connectivity index (χ1v) is 7.06. The summed E-state index contributed by atoms with van der Waals surface area (Å²) in [6.07, 6.45) is 0. The maximum Gasteiger partial charge on any atom is 0.269 e. The van der Waals surface area contributed by atoms with Crippen LogP contribution in [0.5, 0.6) is 5.75 Å². The summed E-state index contributed by atoms with van der Waals surface area (Å²) in [5, 5.41) is 29.7. The van der Waals surface area contributed by atoms with Crippen molar-refractivity contribution in [2.24, 2.45) is 5.73 Å². The van der Waals surface area contributed by atoms with Crippen molar-refractivity contribution in [2.45, 2.75) is 12.5 Å². The van der Waals surface area contributed by atoms with Gasteiger partial charge in [0, 0.05) is 18.2 Å². The number of aliphatic hydroxyl groups is 1. The first-order chi connectivity index (χ1) is 12.0. The van der Waals surface area contributed by atoms with Crippen LogP contribution in [0.3, 0.4) is 0 Å². The lowest BCUT2D eigenvalue weighted by Gasteiger charge is -2.24. The number of aliphatic hydroxyl groups excluding tert-OH is 1. The quantitative estimate of drug-likeness (QED) is 0.625. The van der Waals surface area contributed by atoms with Crippen LogP contribution < -0.4 is 15.9 Å². The van der Waals surface area contributed by atoms with Crippen molar-refractivity contribution < 1.29 is 19.2 Å². The van der Waals surface area contributed by atoms with Gasteiger partial charge < -0.3 is 20.0 Å². The Kier molecular flexibility index (Phi) is 3.96. The largest absolute Gasteiger partial charge is 0.458 e. The van der Waals surface area contributed by atoms with Crippen LogP contribution in [0.15, 0.2) is 51.0 Å². The lowest BCUT2D eigenvalue weighted by Crippen LogP contribution is -2.25. The van der Waals surface area contributed by atoms with Crippen molar-refractivity contribution in [2.75, 3.05) is 0 Å². The second-order valence-corrected chi connectivity index (χ2v) is 5.21. The molecule has 0 aliphatic carbocycles.